The molecule has 0 fully saturated rings. The van der Waals surface area contributed by atoms with Crippen LogP contribution in [-0.2, 0) is 4.74 Å². The van der Waals surface area contributed by atoms with Crippen LogP contribution in [0.4, 0.5) is 0 Å². The first-order valence-corrected chi connectivity index (χ1v) is 4.88. The second kappa shape index (κ2) is 3.80. The average Bonchev–Trinajstić information content (AvgIpc) is 2.62. The summed E-state index contributed by atoms with van der Waals surface area (Å²) in [5.41, 5.74) is 1.05. The molecule has 0 aliphatic rings. The summed E-state index contributed by atoms with van der Waals surface area (Å²) in [4.78, 5) is 27.0. The third-order valence-electron chi connectivity index (χ3n) is 2.36. The Morgan fingerprint density at radius 2 is 2.25 bits per heavy atom. The van der Waals surface area contributed by atoms with Gasteiger partial charge in [-0.15, -0.1) is 0 Å². The first-order chi connectivity index (χ1) is 7.65. The van der Waals surface area contributed by atoms with E-state index in [1.165, 1.54) is 6.20 Å². The summed E-state index contributed by atoms with van der Waals surface area (Å²) in [5, 5.41) is 5.44. The van der Waals surface area contributed by atoms with Crippen molar-refractivity contribution in [2.45, 2.75) is 13.8 Å². The predicted octanol–water partition coefficient (Wildman–Crippen LogP) is 0.736. The van der Waals surface area contributed by atoms with Crippen molar-refractivity contribution < 1.29 is 9.53 Å². The topological polar surface area (TPSA) is 87.8 Å². The maximum Gasteiger partial charge on any atom is 0.339 e. The van der Waals surface area contributed by atoms with Crippen molar-refractivity contribution >= 4 is 17.0 Å². The monoisotopic (exact) mass is 221 g/mol. The van der Waals surface area contributed by atoms with Gasteiger partial charge in [-0.25, -0.2) is 9.78 Å². The van der Waals surface area contributed by atoms with Crippen LogP contribution in [0.2, 0.25) is 0 Å². The van der Waals surface area contributed by atoms with Crippen LogP contribution in [0.1, 0.15) is 22.8 Å². The smallest absolute Gasteiger partial charge is 0.339 e. The first-order valence-electron chi connectivity index (χ1n) is 4.88. The number of rotatable bonds is 2. The van der Waals surface area contributed by atoms with E-state index < -0.39 is 5.97 Å². The summed E-state index contributed by atoms with van der Waals surface area (Å²) in [6, 6.07) is 0. The number of aryl methyl sites for hydroxylation is 1. The van der Waals surface area contributed by atoms with Crippen LogP contribution in [0.15, 0.2) is 11.0 Å². The number of carbonyl (C=O) groups excluding carboxylic acids is 1. The number of hydrogen-bond acceptors (Lipinski definition) is 4. The third-order valence-corrected chi connectivity index (χ3v) is 2.36. The molecule has 0 aliphatic heterocycles. The molecule has 2 N–H and O–H groups in total. The Labute approximate surface area is 90.6 Å². The minimum atomic E-state index is -0.463. The molecule has 0 amide bonds. The van der Waals surface area contributed by atoms with Crippen LogP contribution in [0.25, 0.3) is 11.0 Å². The molecule has 0 aromatic carbocycles. The molecule has 0 unspecified atom stereocenters. The number of aromatic amines is 2. The lowest BCUT2D eigenvalue weighted by Gasteiger charge is -2.04. The normalized spacial score (nSPS) is 10.6. The van der Waals surface area contributed by atoms with Crippen molar-refractivity contribution in [3.05, 3.63) is 27.7 Å². The summed E-state index contributed by atoms with van der Waals surface area (Å²) in [6.07, 6.45) is 1.40. The summed E-state index contributed by atoms with van der Waals surface area (Å²) in [7, 11) is 0. The van der Waals surface area contributed by atoms with Crippen molar-refractivity contribution in [2.24, 2.45) is 0 Å². The molecule has 6 heteroatoms. The number of pyridine rings is 1. The zero-order valence-corrected chi connectivity index (χ0v) is 8.96. The van der Waals surface area contributed by atoms with Gasteiger partial charge in [0.25, 0.3) is 5.56 Å². The Bertz CT molecular complexity index is 597. The van der Waals surface area contributed by atoms with E-state index in [1.54, 1.807) is 13.8 Å². The van der Waals surface area contributed by atoms with Crippen LogP contribution >= 0.6 is 0 Å². The van der Waals surface area contributed by atoms with Crippen molar-refractivity contribution in [2.75, 3.05) is 6.61 Å². The van der Waals surface area contributed by atoms with Crippen LogP contribution in [-0.4, -0.2) is 27.8 Å². The molecule has 0 spiro atoms. The molecule has 2 rings (SSSR count). The minimum absolute atomic E-state index is 0.286. The molecule has 0 radical (unpaired) electrons. The molecule has 2 heterocycles. The summed E-state index contributed by atoms with van der Waals surface area (Å²) < 4.78 is 4.87. The highest BCUT2D eigenvalue weighted by Gasteiger charge is 2.15. The Balaban J connectivity index is 2.64. The molecule has 6 nitrogen and oxygen atoms in total. The van der Waals surface area contributed by atoms with Crippen LogP contribution in [0.5, 0.6) is 0 Å². The van der Waals surface area contributed by atoms with E-state index in [0.717, 1.165) is 0 Å². The highest BCUT2D eigenvalue weighted by Crippen LogP contribution is 2.15. The van der Waals surface area contributed by atoms with Crippen molar-refractivity contribution in [3.8, 4) is 0 Å². The molecule has 0 aliphatic carbocycles. The molecule has 84 valence electrons. The van der Waals surface area contributed by atoms with Gasteiger partial charge in [0.15, 0.2) is 5.65 Å². The molecule has 16 heavy (non-hydrogen) atoms. The Hall–Kier alpha value is -2.11. The number of H-pyrrole nitrogens is 2. The van der Waals surface area contributed by atoms with Crippen molar-refractivity contribution in [3.63, 3.8) is 0 Å². The molecule has 2 aromatic rings. The summed E-state index contributed by atoms with van der Waals surface area (Å²) in [5.74, 6) is -0.463. The quantitative estimate of drug-likeness (QED) is 0.732. The molecular formula is C10H11N3O3. The van der Waals surface area contributed by atoms with Gasteiger partial charge in [0.2, 0.25) is 0 Å². The summed E-state index contributed by atoms with van der Waals surface area (Å²) >= 11 is 0. The van der Waals surface area contributed by atoms with E-state index in [0.29, 0.717) is 28.8 Å². The largest absolute Gasteiger partial charge is 0.462 e. The van der Waals surface area contributed by atoms with Crippen molar-refractivity contribution in [1.82, 2.24) is 15.2 Å². The van der Waals surface area contributed by atoms with Gasteiger partial charge < -0.3 is 4.74 Å². The van der Waals surface area contributed by atoms with E-state index in [1.807, 2.05) is 0 Å². The fraction of sp³-hybridized carbons (Fsp3) is 0.300. The molecule has 0 atom stereocenters. The third kappa shape index (κ3) is 1.48. The van der Waals surface area contributed by atoms with E-state index in [-0.39, 0.29) is 5.56 Å². The lowest BCUT2D eigenvalue weighted by molar-refractivity contribution is 0.0525. The molecule has 2 aromatic heterocycles. The lowest BCUT2D eigenvalue weighted by atomic mass is 10.1. The predicted molar refractivity (Wildman–Crippen MR) is 57.4 cm³/mol. The Morgan fingerprint density at radius 3 is 2.94 bits per heavy atom. The van der Waals surface area contributed by atoms with Gasteiger partial charge >= 0.3 is 5.97 Å². The fourth-order valence-electron chi connectivity index (χ4n) is 1.57. The highest BCUT2D eigenvalue weighted by molar-refractivity contribution is 5.95. The van der Waals surface area contributed by atoms with Gasteiger partial charge in [-0.1, -0.05) is 0 Å². The zero-order valence-electron chi connectivity index (χ0n) is 8.96. The molecular weight excluding hydrogens is 210 g/mol. The number of nitrogens with zero attached hydrogens (tertiary/aromatic N) is 1. The Morgan fingerprint density at radius 1 is 1.50 bits per heavy atom. The van der Waals surface area contributed by atoms with Crippen molar-refractivity contribution in [1.29, 1.82) is 0 Å². The van der Waals surface area contributed by atoms with E-state index in [4.69, 9.17) is 4.74 Å². The Kier molecular flexibility index (Phi) is 2.47. The lowest BCUT2D eigenvalue weighted by Crippen LogP contribution is -2.09. The maximum absolute atomic E-state index is 11.6. The average molecular weight is 221 g/mol. The first kappa shape index (κ1) is 10.4. The van der Waals surface area contributed by atoms with Crippen LogP contribution < -0.4 is 5.56 Å². The highest BCUT2D eigenvalue weighted by atomic mass is 16.5. The molecule has 0 saturated carbocycles. The van der Waals surface area contributed by atoms with Crippen LogP contribution in [0.3, 0.4) is 0 Å². The van der Waals surface area contributed by atoms with E-state index in [2.05, 4.69) is 15.2 Å². The van der Waals surface area contributed by atoms with Gasteiger partial charge in [0.1, 0.15) is 0 Å². The SMILES string of the molecule is CCOC(=O)c1cnc2[nH][nH]c(=O)c2c1C. The number of ether oxygens (including phenoxy) is 1. The second-order valence-corrected chi connectivity index (χ2v) is 3.32. The van der Waals surface area contributed by atoms with Gasteiger partial charge in [0.05, 0.1) is 17.6 Å². The van der Waals surface area contributed by atoms with E-state index >= 15 is 0 Å². The second-order valence-electron chi connectivity index (χ2n) is 3.32. The van der Waals surface area contributed by atoms with E-state index in [9.17, 15) is 9.59 Å². The van der Waals surface area contributed by atoms with Gasteiger partial charge in [-0.2, -0.15) is 0 Å². The standard InChI is InChI=1S/C10H11N3O3/c1-3-16-10(15)6-4-11-8-7(5(6)2)9(14)13-12-8/h4H,3H2,1-2H3,(H2,11,12,13,14). The summed E-state index contributed by atoms with van der Waals surface area (Å²) in [6.45, 7) is 3.71. The van der Waals surface area contributed by atoms with Crippen LogP contribution in [0, 0.1) is 6.92 Å². The number of aromatic nitrogens is 3. The van der Waals surface area contributed by atoms with Gasteiger partial charge in [-0.3, -0.25) is 15.0 Å². The number of hydrogen-bond donors (Lipinski definition) is 2. The van der Waals surface area contributed by atoms with Gasteiger partial charge in [0, 0.05) is 6.20 Å². The fourth-order valence-corrected chi connectivity index (χ4v) is 1.57. The number of carbonyl (C=O) groups is 1. The zero-order chi connectivity index (χ0) is 11.7. The minimum Gasteiger partial charge on any atom is -0.462 e. The molecule has 0 bridgehead atoms. The number of fused-ring (bicyclic) bond motifs is 1. The number of nitrogens with one attached hydrogen (secondary N) is 2. The molecule has 0 saturated heterocycles. The maximum atomic E-state index is 11.6. The number of esters is 1. The van der Waals surface area contributed by atoms with Gasteiger partial charge in [-0.05, 0) is 19.4 Å².